The summed E-state index contributed by atoms with van der Waals surface area (Å²) in [6.07, 6.45) is 3.97. The van der Waals surface area contributed by atoms with E-state index < -0.39 is 0 Å². The summed E-state index contributed by atoms with van der Waals surface area (Å²) in [5, 5.41) is 0. The first kappa shape index (κ1) is 13.7. The quantitative estimate of drug-likeness (QED) is 0.634. The van der Waals surface area contributed by atoms with E-state index >= 15 is 0 Å². The van der Waals surface area contributed by atoms with Gasteiger partial charge in [-0.3, -0.25) is 0 Å². The van der Waals surface area contributed by atoms with Crippen molar-refractivity contribution in [2.45, 2.75) is 32.6 Å². The fourth-order valence-corrected chi connectivity index (χ4v) is 2.18. The van der Waals surface area contributed by atoms with Crippen LogP contribution in [0.5, 0.6) is 0 Å². The van der Waals surface area contributed by atoms with Gasteiger partial charge in [-0.25, -0.2) is 8.78 Å². The summed E-state index contributed by atoms with van der Waals surface area (Å²) in [5.41, 5.74) is 1.75. The molecule has 0 saturated heterocycles. The number of halogens is 2. The molecule has 0 unspecified atom stereocenters. The van der Waals surface area contributed by atoms with E-state index in [1.165, 1.54) is 12.1 Å². The van der Waals surface area contributed by atoms with Gasteiger partial charge in [-0.2, -0.15) is 0 Å². The number of rotatable bonds is 5. The minimum Gasteiger partial charge on any atom is -0.207 e. The van der Waals surface area contributed by atoms with Crippen LogP contribution in [0.15, 0.2) is 42.5 Å². The van der Waals surface area contributed by atoms with Crippen LogP contribution in [0.4, 0.5) is 8.78 Å². The Kier molecular flexibility index (Phi) is 4.67. The molecule has 0 bridgehead atoms. The zero-order chi connectivity index (χ0) is 13.7. The molecule has 0 fully saturated rings. The zero-order valence-corrected chi connectivity index (χ0v) is 11.1. The van der Waals surface area contributed by atoms with E-state index in [2.05, 4.69) is 6.92 Å². The Balaban J connectivity index is 2.21. The predicted octanol–water partition coefficient (Wildman–Crippen LogP) is 5.36. The summed E-state index contributed by atoms with van der Waals surface area (Å²) >= 11 is 0. The predicted molar refractivity (Wildman–Crippen MR) is 75.0 cm³/mol. The summed E-state index contributed by atoms with van der Waals surface area (Å²) in [6, 6.07) is 11.4. The molecule has 100 valence electrons. The Morgan fingerprint density at radius 1 is 0.895 bits per heavy atom. The van der Waals surface area contributed by atoms with Gasteiger partial charge in [0.25, 0.3) is 0 Å². The Morgan fingerprint density at radius 2 is 1.68 bits per heavy atom. The summed E-state index contributed by atoms with van der Waals surface area (Å²) in [6.45, 7) is 2.12. The van der Waals surface area contributed by atoms with Gasteiger partial charge in [0.05, 0.1) is 0 Å². The smallest absolute Gasteiger partial charge is 0.131 e. The molecule has 0 N–H and O–H groups in total. The number of hydrogen-bond acceptors (Lipinski definition) is 0. The first-order valence-electron chi connectivity index (χ1n) is 6.75. The van der Waals surface area contributed by atoms with Crippen molar-refractivity contribution in [1.82, 2.24) is 0 Å². The van der Waals surface area contributed by atoms with Crippen LogP contribution in [0.2, 0.25) is 0 Å². The average Bonchev–Trinajstić information content (AvgIpc) is 2.41. The zero-order valence-electron chi connectivity index (χ0n) is 11.1. The van der Waals surface area contributed by atoms with E-state index in [1.54, 1.807) is 30.3 Å². The molecular formula is C17H18F2. The highest BCUT2D eigenvalue weighted by atomic mass is 19.1. The molecule has 0 aromatic heterocycles. The molecule has 0 radical (unpaired) electrons. The molecular weight excluding hydrogens is 242 g/mol. The van der Waals surface area contributed by atoms with Crippen LogP contribution >= 0.6 is 0 Å². The Bertz CT molecular complexity index is 547. The summed E-state index contributed by atoms with van der Waals surface area (Å²) in [5.74, 6) is -0.558. The Labute approximate surface area is 113 Å². The number of benzene rings is 2. The van der Waals surface area contributed by atoms with Crippen molar-refractivity contribution in [3.8, 4) is 11.1 Å². The second kappa shape index (κ2) is 6.46. The van der Waals surface area contributed by atoms with Crippen LogP contribution in [-0.4, -0.2) is 0 Å². The van der Waals surface area contributed by atoms with Gasteiger partial charge in [0.2, 0.25) is 0 Å². The normalized spacial score (nSPS) is 10.7. The van der Waals surface area contributed by atoms with Crippen LogP contribution in [0.3, 0.4) is 0 Å². The van der Waals surface area contributed by atoms with E-state index in [0.717, 1.165) is 25.7 Å². The fraction of sp³-hybridized carbons (Fsp3) is 0.294. The van der Waals surface area contributed by atoms with Gasteiger partial charge in [0.15, 0.2) is 0 Å². The van der Waals surface area contributed by atoms with E-state index in [-0.39, 0.29) is 11.6 Å². The first-order valence-corrected chi connectivity index (χ1v) is 6.75. The minimum atomic E-state index is -0.319. The third-order valence-corrected chi connectivity index (χ3v) is 3.29. The maximum atomic E-state index is 14.0. The number of aryl methyl sites for hydroxylation is 1. The van der Waals surface area contributed by atoms with E-state index in [4.69, 9.17) is 0 Å². The van der Waals surface area contributed by atoms with Crippen molar-refractivity contribution in [2.75, 3.05) is 0 Å². The average molecular weight is 260 g/mol. The van der Waals surface area contributed by atoms with Gasteiger partial charge in [0.1, 0.15) is 11.6 Å². The maximum Gasteiger partial charge on any atom is 0.131 e. The number of unbranched alkanes of at least 4 members (excludes halogenated alkanes) is 2. The Morgan fingerprint density at radius 3 is 2.37 bits per heavy atom. The van der Waals surface area contributed by atoms with Crippen molar-refractivity contribution in [3.05, 3.63) is 59.7 Å². The van der Waals surface area contributed by atoms with Crippen LogP contribution in [0.25, 0.3) is 11.1 Å². The monoisotopic (exact) mass is 260 g/mol. The third kappa shape index (κ3) is 3.40. The lowest BCUT2D eigenvalue weighted by molar-refractivity contribution is 0.598. The maximum absolute atomic E-state index is 14.0. The van der Waals surface area contributed by atoms with Crippen molar-refractivity contribution in [2.24, 2.45) is 0 Å². The van der Waals surface area contributed by atoms with Crippen LogP contribution in [-0.2, 0) is 6.42 Å². The van der Waals surface area contributed by atoms with Gasteiger partial charge in [-0.05, 0) is 36.1 Å². The molecule has 0 aliphatic rings. The largest absolute Gasteiger partial charge is 0.207 e. The Hall–Kier alpha value is -1.70. The van der Waals surface area contributed by atoms with Crippen molar-refractivity contribution in [1.29, 1.82) is 0 Å². The lowest BCUT2D eigenvalue weighted by Crippen LogP contribution is -1.93. The van der Waals surface area contributed by atoms with Gasteiger partial charge in [-0.15, -0.1) is 0 Å². The molecule has 0 amide bonds. The summed E-state index contributed by atoms with van der Waals surface area (Å²) < 4.78 is 27.6. The highest BCUT2D eigenvalue weighted by molar-refractivity contribution is 5.64. The van der Waals surface area contributed by atoms with E-state index in [1.807, 2.05) is 0 Å². The topological polar surface area (TPSA) is 0 Å². The number of hydrogen-bond donors (Lipinski definition) is 0. The molecule has 0 aliphatic heterocycles. The summed E-state index contributed by atoms with van der Waals surface area (Å²) in [4.78, 5) is 0. The lowest BCUT2D eigenvalue weighted by Gasteiger charge is -2.07. The molecule has 0 nitrogen and oxygen atoms in total. The second-order valence-electron chi connectivity index (χ2n) is 4.74. The van der Waals surface area contributed by atoms with Crippen molar-refractivity contribution < 1.29 is 8.78 Å². The molecule has 0 spiro atoms. The molecule has 2 heteroatoms. The van der Waals surface area contributed by atoms with Gasteiger partial charge in [0, 0.05) is 5.56 Å². The highest BCUT2D eigenvalue weighted by Crippen LogP contribution is 2.25. The van der Waals surface area contributed by atoms with Crippen LogP contribution in [0, 0.1) is 11.6 Å². The minimum absolute atomic E-state index is 0.239. The second-order valence-corrected chi connectivity index (χ2v) is 4.74. The molecule has 2 rings (SSSR count). The molecule has 2 aromatic rings. The van der Waals surface area contributed by atoms with Gasteiger partial charge >= 0.3 is 0 Å². The lowest BCUT2D eigenvalue weighted by atomic mass is 10.0. The van der Waals surface area contributed by atoms with E-state index in [0.29, 0.717) is 16.7 Å². The molecule has 0 heterocycles. The van der Waals surface area contributed by atoms with Crippen molar-refractivity contribution in [3.63, 3.8) is 0 Å². The third-order valence-electron chi connectivity index (χ3n) is 3.29. The molecule has 0 saturated carbocycles. The molecule has 0 aliphatic carbocycles. The highest BCUT2D eigenvalue weighted by Gasteiger charge is 2.08. The van der Waals surface area contributed by atoms with Crippen LogP contribution in [0.1, 0.15) is 31.7 Å². The first-order chi connectivity index (χ1) is 9.22. The summed E-state index contributed by atoms with van der Waals surface area (Å²) in [7, 11) is 0. The van der Waals surface area contributed by atoms with E-state index in [9.17, 15) is 8.78 Å². The van der Waals surface area contributed by atoms with Gasteiger partial charge in [-0.1, -0.05) is 50.1 Å². The standard InChI is InChI=1S/C17H18F2/c1-2-3-4-7-13-10-11-14(12-17(13)19)15-8-5-6-9-16(15)18/h5-6,8-12H,2-4,7H2,1H3. The van der Waals surface area contributed by atoms with Gasteiger partial charge < -0.3 is 0 Å². The molecule has 0 atom stereocenters. The van der Waals surface area contributed by atoms with Crippen molar-refractivity contribution >= 4 is 0 Å². The molecule has 2 aromatic carbocycles. The SMILES string of the molecule is CCCCCc1ccc(-c2ccccc2F)cc1F. The van der Waals surface area contributed by atoms with Crippen LogP contribution < -0.4 is 0 Å². The molecule has 19 heavy (non-hydrogen) atoms. The fourth-order valence-electron chi connectivity index (χ4n) is 2.18.